The number of aromatic nitrogens is 3. The van der Waals surface area contributed by atoms with Crippen LogP contribution in [0.15, 0.2) is 55.1 Å². The Labute approximate surface area is 183 Å². The smallest absolute Gasteiger partial charge is 0.260 e. The number of nitrogens with zero attached hydrogens (tertiary/aromatic N) is 5. The molecule has 8 heteroatoms. The lowest BCUT2D eigenvalue weighted by Gasteiger charge is -2.20. The highest BCUT2D eigenvalue weighted by Crippen LogP contribution is 2.36. The van der Waals surface area contributed by atoms with Crippen molar-refractivity contribution < 1.29 is 4.79 Å². The zero-order chi connectivity index (χ0) is 21.1. The molecule has 0 bridgehead atoms. The van der Waals surface area contributed by atoms with E-state index in [4.69, 9.17) is 21.8 Å². The molecule has 150 valence electrons. The van der Waals surface area contributed by atoms with Gasteiger partial charge in [0.1, 0.15) is 0 Å². The third kappa shape index (κ3) is 4.06. The van der Waals surface area contributed by atoms with E-state index in [0.29, 0.717) is 27.8 Å². The summed E-state index contributed by atoms with van der Waals surface area (Å²) in [7, 11) is 0. The third-order valence-electron chi connectivity index (χ3n) is 4.78. The lowest BCUT2D eigenvalue weighted by molar-refractivity contribution is 0.0986. The first-order valence-electron chi connectivity index (χ1n) is 9.40. The van der Waals surface area contributed by atoms with Crippen molar-refractivity contribution in [2.24, 2.45) is 0 Å². The molecule has 0 atom stereocenters. The second-order valence-electron chi connectivity index (χ2n) is 6.84. The van der Waals surface area contributed by atoms with Gasteiger partial charge in [-0.25, -0.2) is 9.97 Å². The average molecular weight is 436 g/mol. The average Bonchev–Trinajstić information content (AvgIpc) is 3.44. The number of halogens is 1. The predicted molar refractivity (Wildman–Crippen MR) is 119 cm³/mol. The number of hydrogen-bond acceptors (Lipinski definition) is 5. The van der Waals surface area contributed by atoms with Gasteiger partial charge in [0.2, 0.25) is 0 Å². The van der Waals surface area contributed by atoms with Gasteiger partial charge in [-0.15, -0.1) is 0 Å². The van der Waals surface area contributed by atoms with E-state index in [1.807, 2.05) is 29.8 Å². The summed E-state index contributed by atoms with van der Waals surface area (Å²) in [4.78, 5) is 23.8. The zero-order valence-corrected chi connectivity index (χ0v) is 17.8. The van der Waals surface area contributed by atoms with E-state index in [1.165, 1.54) is 11.3 Å². The van der Waals surface area contributed by atoms with Crippen LogP contribution in [-0.2, 0) is 6.54 Å². The standard InChI is InChI=1S/C22H18ClN5OS/c1-15-3-8-18(23)20-19(15)26-22(30-20)28(11-2-10-27-12-9-25-14-27)21(29)17-6-4-16(13-24)5-7-17/h3-9,12,14H,2,10-11H2,1H3. The van der Waals surface area contributed by atoms with Crippen molar-refractivity contribution in [2.45, 2.75) is 19.9 Å². The summed E-state index contributed by atoms with van der Waals surface area (Å²) in [5, 5.41) is 10.3. The third-order valence-corrected chi connectivity index (χ3v) is 6.32. The van der Waals surface area contributed by atoms with Gasteiger partial charge in [-0.2, -0.15) is 5.26 Å². The number of amides is 1. The quantitative estimate of drug-likeness (QED) is 0.424. The molecule has 0 radical (unpaired) electrons. The van der Waals surface area contributed by atoms with Gasteiger partial charge >= 0.3 is 0 Å². The summed E-state index contributed by atoms with van der Waals surface area (Å²) in [6, 6.07) is 12.5. The van der Waals surface area contributed by atoms with Gasteiger partial charge in [-0.1, -0.05) is 29.0 Å². The molecule has 0 aliphatic heterocycles. The highest BCUT2D eigenvalue weighted by molar-refractivity contribution is 7.23. The van der Waals surface area contributed by atoms with Crippen LogP contribution in [0.5, 0.6) is 0 Å². The summed E-state index contributed by atoms with van der Waals surface area (Å²) >= 11 is 7.79. The van der Waals surface area contributed by atoms with E-state index in [1.54, 1.807) is 41.7 Å². The first-order valence-corrected chi connectivity index (χ1v) is 10.6. The van der Waals surface area contributed by atoms with Crippen molar-refractivity contribution in [3.8, 4) is 6.07 Å². The Kier molecular flexibility index (Phi) is 5.79. The second kappa shape index (κ2) is 8.66. The zero-order valence-electron chi connectivity index (χ0n) is 16.2. The summed E-state index contributed by atoms with van der Waals surface area (Å²) < 4.78 is 2.85. The van der Waals surface area contributed by atoms with Crippen LogP contribution in [0, 0.1) is 18.3 Å². The minimum absolute atomic E-state index is 0.155. The van der Waals surface area contributed by atoms with E-state index in [0.717, 1.165) is 28.7 Å². The van der Waals surface area contributed by atoms with Crippen molar-refractivity contribution in [3.05, 3.63) is 76.8 Å². The minimum Gasteiger partial charge on any atom is -0.337 e. The van der Waals surface area contributed by atoms with Crippen LogP contribution in [-0.4, -0.2) is 27.0 Å². The lowest BCUT2D eigenvalue weighted by Crippen LogP contribution is -2.32. The molecule has 1 amide bonds. The van der Waals surface area contributed by atoms with Crippen molar-refractivity contribution in [1.82, 2.24) is 14.5 Å². The molecule has 4 rings (SSSR count). The van der Waals surface area contributed by atoms with Crippen LogP contribution in [0.25, 0.3) is 10.2 Å². The molecule has 30 heavy (non-hydrogen) atoms. The van der Waals surface area contributed by atoms with E-state index in [-0.39, 0.29) is 5.91 Å². The molecule has 0 fully saturated rings. The van der Waals surface area contributed by atoms with E-state index >= 15 is 0 Å². The lowest BCUT2D eigenvalue weighted by atomic mass is 10.1. The van der Waals surface area contributed by atoms with Gasteiger partial charge in [0.05, 0.1) is 33.2 Å². The molecule has 0 spiro atoms. The molecule has 2 aromatic heterocycles. The van der Waals surface area contributed by atoms with Crippen molar-refractivity contribution in [2.75, 3.05) is 11.4 Å². The number of benzene rings is 2. The number of thiazole rings is 1. The minimum atomic E-state index is -0.155. The van der Waals surface area contributed by atoms with Gasteiger partial charge in [-0.05, 0) is 49.2 Å². The first kappa shape index (κ1) is 20.1. The fourth-order valence-electron chi connectivity index (χ4n) is 3.16. The Hall–Kier alpha value is -3.21. The number of hydrogen-bond donors (Lipinski definition) is 0. The number of imidazole rings is 1. The summed E-state index contributed by atoms with van der Waals surface area (Å²) in [5.41, 5.74) is 2.86. The molecule has 2 heterocycles. The molecular formula is C22H18ClN5OS. The Morgan fingerprint density at radius 1 is 1.27 bits per heavy atom. The van der Waals surface area contributed by atoms with Crippen molar-refractivity contribution in [3.63, 3.8) is 0 Å². The molecule has 0 aliphatic carbocycles. The van der Waals surface area contributed by atoms with Gasteiger partial charge in [-0.3, -0.25) is 9.69 Å². The fraction of sp³-hybridized carbons (Fsp3) is 0.182. The molecule has 6 nitrogen and oxygen atoms in total. The van der Waals surface area contributed by atoms with Crippen LogP contribution in [0.4, 0.5) is 5.13 Å². The highest BCUT2D eigenvalue weighted by Gasteiger charge is 2.22. The molecule has 0 N–H and O–H groups in total. The van der Waals surface area contributed by atoms with Crippen LogP contribution in [0.2, 0.25) is 5.02 Å². The first-order chi connectivity index (χ1) is 14.6. The summed E-state index contributed by atoms with van der Waals surface area (Å²) in [5.74, 6) is -0.155. The SMILES string of the molecule is Cc1ccc(Cl)c2sc(N(CCCn3ccnc3)C(=O)c3ccc(C#N)cc3)nc12. The number of carbonyl (C=O) groups excluding carboxylic acids is 1. The maximum Gasteiger partial charge on any atom is 0.260 e. The maximum absolute atomic E-state index is 13.3. The van der Waals surface area contributed by atoms with Gasteiger partial charge < -0.3 is 4.57 Å². The van der Waals surface area contributed by atoms with E-state index < -0.39 is 0 Å². The molecule has 0 unspecified atom stereocenters. The van der Waals surface area contributed by atoms with Crippen molar-refractivity contribution in [1.29, 1.82) is 5.26 Å². The van der Waals surface area contributed by atoms with Gasteiger partial charge in [0, 0.05) is 31.0 Å². The highest BCUT2D eigenvalue weighted by atomic mass is 35.5. The monoisotopic (exact) mass is 435 g/mol. The predicted octanol–water partition coefficient (Wildman–Crippen LogP) is 5.06. The molecule has 2 aromatic carbocycles. The largest absolute Gasteiger partial charge is 0.337 e. The number of rotatable bonds is 6. The Balaban J connectivity index is 1.67. The summed E-state index contributed by atoms with van der Waals surface area (Å²) in [6.07, 6.45) is 6.13. The van der Waals surface area contributed by atoms with Crippen LogP contribution in [0.1, 0.15) is 27.9 Å². The van der Waals surface area contributed by atoms with Crippen LogP contribution >= 0.6 is 22.9 Å². The number of aryl methyl sites for hydroxylation is 2. The van der Waals surface area contributed by atoms with Crippen molar-refractivity contribution >= 4 is 44.2 Å². The Morgan fingerprint density at radius 2 is 2.07 bits per heavy atom. The number of carbonyl (C=O) groups is 1. The van der Waals surface area contributed by atoms with Gasteiger partial charge in [0.15, 0.2) is 5.13 Å². The second-order valence-corrected chi connectivity index (χ2v) is 8.22. The normalized spacial score (nSPS) is 10.8. The van der Waals surface area contributed by atoms with E-state index in [2.05, 4.69) is 11.1 Å². The van der Waals surface area contributed by atoms with Crippen LogP contribution < -0.4 is 4.90 Å². The van der Waals surface area contributed by atoms with Crippen LogP contribution in [0.3, 0.4) is 0 Å². The molecule has 0 aliphatic rings. The molecular weight excluding hydrogens is 418 g/mol. The topological polar surface area (TPSA) is 74.8 Å². The number of nitriles is 1. The Bertz CT molecular complexity index is 1190. The summed E-state index contributed by atoms with van der Waals surface area (Å²) in [6.45, 7) is 3.21. The molecule has 0 saturated carbocycles. The molecule has 4 aromatic rings. The molecule has 0 saturated heterocycles. The number of anilines is 1. The number of fused-ring (bicyclic) bond motifs is 1. The van der Waals surface area contributed by atoms with Gasteiger partial charge in [0.25, 0.3) is 5.91 Å². The fourth-order valence-corrected chi connectivity index (χ4v) is 4.50. The van der Waals surface area contributed by atoms with E-state index in [9.17, 15) is 4.79 Å². The Morgan fingerprint density at radius 3 is 2.73 bits per heavy atom. The maximum atomic E-state index is 13.3.